The van der Waals surface area contributed by atoms with E-state index in [9.17, 15) is 14.9 Å². The topological polar surface area (TPSA) is 90.1 Å². The number of aryl methyl sites for hydroxylation is 1. The Labute approximate surface area is 164 Å². The Bertz CT molecular complexity index is 1020. The predicted octanol–water partition coefficient (Wildman–Crippen LogP) is 4.71. The minimum atomic E-state index is -0.531. The summed E-state index contributed by atoms with van der Waals surface area (Å²) >= 11 is 12.0. The van der Waals surface area contributed by atoms with Crippen molar-refractivity contribution in [3.8, 4) is 0 Å². The zero-order valence-electron chi connectivity index (χ0n) is 14.1. The van der Waals surface area contributed by atoms with Crippen molar-refractivity contribution in [2.24, 2.45) is 0 Å². The third kappa shape index (κ3) is 4.45. The molecule has 0 spiro atoms. The van der Waals surface area contributed by atoms with Gasteiger partial charge in [0.2, 0.25) is 0 Å². The smallest absolute Gasteiger partial charge is 0.273 e. The van der Waals surface area contributed by atoms with E-state index in [4.69, 9.17) is 23.2 Å². The van der Waals surface area contributed by atoms with E-state index in [1.165, 1.54) is 18.2 Å². The molecule has 0 bridgehead atoms. The molecule has 0 aliphatic carbocycles. The van der Waals surface area contributed by atoms with Crippen molar-refractivity contribution in [2.45, 2.75) is 13.5 Å². The fourth-order valence-electron chi connectivity index (χ4n) is 2.47. The van der Waals surface area contributed by atoms with E-state index in [-0.39, 0.29) is 22.1 Å². The summed E-state index contributed by atoms with van der Waals surface area (Å²) < 4.78 is 1.58. The summed E-state index contributed by atoms with van der Waals surface area (Å²) in [5, 5.41) is 18.8. The summed E-state index contributed by atoms with van der Waals surface area (Å²) in [6, 6.07) is 11.5. The molecule has 7 nitrogen and oxygen atoms in total. The second-order valence-corrected chi connectivity index (χ2v) is 6.71. The van der Waals surface area contributed by atoms with Crippen LogP contribution < -0.4 is 5.32 Å². The number of anilines is 1. The number of aromatic nitrogens is 2. The third-order valence-electron chi connectivity index (χ3n) is 3.87. The molecule has 1 heterocycles. The first-order valence-electron chi connectivity index (χ1n) is 7.87. The van der Waals surface area contributed by atoms with Crippen LogP contribution in [0.5, 0.6) is 0 Å². The highest BCUT2D eigenvalue weighted by Gasteiger charge is 2.17. The van der Waals surface area contributed by atoms with Gasteiger partial charge in [-0.2, -0.15) is 5.10 Å². The second-order valence-electron chi connectivity index (χ2n) is 5.86. The molecule has 0 aliphatic heterocycles. The normalized spacial score (nSPS) is 10.6. The van der Waals surface area contributed by atoms with Crippen molar-refractivity contribution in [1.82, 2.24) is 9.78 Å². The maximum atomic E-state index is 12.4. The lowest BCUT2D eigenvalue weighted by Crippen LogP contribution is -2.13. The Morgan fingerprint density at radius 1 is 1.22 bits per heavy atom. The monoisotopic (exact) mass is 404 g/mol. The summed E-state index contributed by atoms with van der Waals surface area (Å²) in [4.78, 5) is 22.9. The first kappa shape index (κ1) is 18.9. The van der Waals surface area contributed by atoms with Crippen LogP contribution in [-0.2, 0) is 6.54 Å². The highest BCUT2D eigenvalue weighted by molar-refractivity contribution is 6.33. The van der Waals surface area contributed by atoms with Crippen molar-refractivity contribution in [2.75, 3.05) is 5.32 Å². The first-order chi connectivity index (χ1) is 12.8. The molecule has 3 rings (SSSR count). The average Bonchev–Trinajstić information content (AvgIpc) is 2.96. The number of rotatable bonds is 5. The maximum Gasteiger partial charge on any atom is 0.273 e. The molecule has 0 saturated heterocycles. The Balaban J connectivity index is 1.77. The van der Waals surface area contributed by atoms with Crippen LogP contribution in [0.25, 0.3) is 0 Å². The van der Waals surface area contributed by atoms with Gasteiger partial charge in [0.15, 0.2) is 5.82 Å². The summed E-state index contributed by atoms with van der Waals surface area (Å²) in [5.41, 5.74) is 1.46. The lowest BCUT2D eigenvalue weighted by molar-refractivity contribution is -0.385. The van der Waals surface area contributed by atoms with E-state index in [2.05, 4.69) is 10.4 Å². The fraction of sp³-hybridized carbons (Fsp3) is 0.111. The zero-order chi connectivity index (χ0) is 19.6. The molecule has 9 heteroatoms. The van der Waals surface area contributed by atoms with E-state index in [0.717, 1.165) is 5.56 Å². The summed E-state index contributed by atoms with van der Waals surface area (Å²) in [6.07, 6.45) is 1.59. The highest BCUT2D eigenvalue weighted by Crippen LogP contribution is 2.23. The van der Waals surface area contributed by atoms with Gasteiger partial charge in [-0.1, -0.05) is 41.4 Å². The number of nitrogens with one attached hydrogen (secondary N) is 1. The highest BCUT2D eigenvalue weighted by atomic mass is 35.5. The molecule has 0 atom stereocenters. The Hall–Kier alpha value is -2.90. The lowest BCUT2D eigenvalue weighted by atomic mass is 10.1. The molecule has 2 aromatic carbocycles. The van der Waals surface area contributed by atoms with Crippen LogP contribution in [0.3, 0.4) is 0 Å². The van der Waals surface area contributed by atoms with Gasteiger partial charge in [-0.15, -0.1) is 0 Å². The largest absolute Gasteiger partial charge is 0.304 e. The van der Waals surface area contributed by atoms with E-state index in [0.29, 0.717) is 17.1 Å². The molecule has 0 fully saturated rings. The number of benzene rings is 2. The molecule has 0 aliphatic rings. The summed E-state index contributed by atoms with van der Waals surface area (Å²) in [7, 11) is 0. The van der Waals surface area contributed by atoms with E-state index in [1.54, 1.807) is 29.9 Å². The van der Waals surface area contributed by atoms with Crippen molar-refractivity contribution in [3.05, 3.63) is 85.5 Å². The molecule has 0 saturated carbocycles. The Kier molecular flexibility index (Phi) is 5.43. The number of hydrogen-bond acceptors (Lipinski definition) is 4. The van der Waals surface area contributed by atoms with Crippen molar-refractivity contribution in [1.29, 1.82) is 0 Å². The number of amides is 1. The Morgan fingerprint density at radius 2 is 1.93 bits per heavy atom. The standard InChI is InChI=1S/C18H14Cl2N4O3/c1-11-2-5-13(8-16(11)24(26)27)18(25)21-17-15(20)10-23(22-17)9-12-3-6-14(19)7-4-12/h2-8,10H,9H2,1H3,(H,21,22,25). The molecule has 1 N–H and O–H groups in total. The van der Waals surface area contributed by atoms with Crippen LogP contribution in [0.2, 0.25) is 10.0 Å². The van der Waals surface area contributed by atoms with Gasteiger partial charge in [-0.25, -0.2) is 0 Å². The number of carbonyl (C=O) groups is 1. The minimum absolute atomic E-state index is 0.123. The molecule has 138 valence electrons. The molecule has 27 heavy (non-hydrogen) atoms. The number of nitro groups is 1. The number of halogens is 2. The SMILES string of the molecule is Cc1ccc(C(=O)Nc2nn(Cc3ccc(Cl)cc3)cc2Cl)cc1[N+](=O)[O-]. The molecule has 1 aromatic heterocycles. The summed E-state index contributed by atoms with van der Waals surface area (Å²) in [6.45, 7) is 2.05. The molecule has 1 amide bonds. The second kappa shape index (κ2) is 7.77. The minimum Gasteiger partial charge on any atom is -0.304 e. The number of nitro benzene ring substituents is 1. The molecular formula is C18H14Cl2N4O3. The summed E-state index contributed by atoms with van der Waals surface area (Å²) in [5.74, 6) is -0.351. The lowest BCUT2D eigenvalue weighted by Gasteiger charge is -2.04. The van der Waals surface area contributed by atoms with Crippen LogP contribution in [-0.4, -0.2) is 20.6 Å². The van der Waals surface area contributed by atoms with Crippen LogP contribution in [0.4, 0.5) is 11.5 Å². The van der Waals surface area contributed by atoms with Crippen LogP contribution >= 0.6 is 23.2 Å². The van der Waals surface area contributed by atoms with Gasteiger partial charge in [0.25, 0.3) is 11.6 Å². The maximum absolute atomic E-state index is 12.4. The fourth-order valence-corrected chi connectivity index (χ4v) is 2.79. The number of carbonyl (C=O) groups excluding carboxylic acids is 1. The number of nitrogens with zero attached hydrogens (tertiary/aromatic N) is 3. The quantitative estimate of drug-likeness (QED) is 0.492. The van der Waals surface area contributed by atoms with Crippen LogP contribution in [0, 0.1) is 17.0 Å². The predicted molar refractivity (Wildman–Crippen MR) is 104 cm³/mol. The molecule has 0 unspecified atom stereocenters. The first-order valence-corrected chi connectivity index (χ1v) is 8.63. The van der Waals surface area contributed by atoms with Crippen LogP contribution in [0.15, 0.2) is 48.7 Å². The number of hydrogen-bond donors (Lipinski definition) is 1. The molecule has 0 radical (unpaired) electrons. The van der Waals surface area contributed by atoms with Gasteiger partial charge < -0.3 is 5.32 Å². The van der Waals surface area contributed by atoms with Crippen molar-refractivity contribution in [3.63, 3.8) is 0 Å². The van der Waals surface area contributed by atoms with Gasteiger partial charge in [-0.3, -0.25) is 19.6 Å². The van der Waals surface area contributed by atoms with Gasteiger partial charge >= 0.3 is 0 Å². The van der Waals surface area contributed by atoms with E-state index < -0.39 is 10.8 Å². The van der Waals surface area contributed by atoms with E-state index in [1.807, 2.05) is 12.1 Å². The average molecular weight is 405 g/mol. The van der Waals surface area contributed by atoms with Gasteiger partial charge in [-0.05, 0) is 30.7 Å². The van der Waals surface area contributed by atoms with Crippen molar-refractivity contribution < 1.29 is 9.72 Å². The van der Waals surface area contributed by atoms with Gasteiger partial charge in [0, 0.05) is 28.4 Å². The zero-order valence-corrected chi connectivity index (χ0v) is 15.7. The Morgan fingerprint density at radius 3 is 2.59 bits per heavy atom. The van der Waals surface area contributed by atoms with Crippen LogP contribution in [0.1, 0.15) is 21.5 Å². The molecule has 3 aromatic rings. The molecular weight excluding hydrogens is 391 g/mol. The van der Waals surface area contributed by atoms with Gasteiger partial charge in [0.05, 0.1) is 11.5 Å². The third-order valence-corrected chi connectivity index (χ3v) is 4.40. The van der Waals surface area contributed by atoms with Crippen molar-refractivity contribution >= 4 is 40.6 Å². The van der Waals surface area contributed by atoms with E-state index >= 15 is 0 Å². The van der Waals surface area contributed by atoms with Gasteiger partial charge in [0.1, 0.15) is 5.02 Å².